The van der Waals surface area contributed by atoms with E-state index >= 15 is 0 Å². The summed E-state index contributed by atoms with van der Waals surface area (Å²) in [6, 6.07) is 12.7. The maximum atomic E-state index is 12.1. The summed E-state index contributed by atoms with van der Waals surface area (Å²) in [7, 11) is 1.55. The van der Waals surface area contributed by atoms with Gasteiger partial charge >= 0.3 is 5.97 Å². The first-order valence-corrected chi connectivity index (χ1v) is 8.28. The summed E-state index contributed by atoms with van der Waals surface area (Å²) in [5, 5.41) is 12.1. The Hall–Kier alpha value is -2.53. The van der Waals surface area contributed by atoms with Gasteiger partial charge in [-0.2, -0.15) is 0 Å². The fourth-order valence-electron chi connectivity index (χ4n) is 2.40. The number of hydrogen-bond donors (Lipinski definition) is 2. The molecule has 0 unspecified atom stereocenters. The second-order valence-corrected chi connectivity index (χ2v) is 6.02. The van der Waals surface area contributed by atoms with Crippen LogP contribution in [-0.4, -0.2) is 24.1 Å². The zero-order valence-electron chi connectivity index (χ0n) is 13.9. The number of ether oxygens (including phenoxy) is 1. The highest BCUT2D eigenvalue weighted by Gasteiger charge is 2.07. The van der Waals surface area contributed by atoms with Crippen LogP contribution in [0.2, 0.25) is 5.02 Å². The lowest BCUT2D eigenvalue weighted by molar-refractivity contribution is -0.137. The third kappa shape index (κ3) is 6.12. The van der Waals surface area contributed by atoms with Gasteiger partial charge in [-0.25, -0.2) is 0 Å². The predicted octanol–water partition coefficient (Wildman–Crippen LogP) is 3.94. The van der Waals surface area contributed by atoms with E-state index in [9.17, 15) is 9.59 Å². The average Bonchev–Trinajstić information content (AvgIpc) is 2.58. The van der Waals surface area contributed by atoms with Crippen molar-refractivity contribution in [1.29, 1.82) is 0 Å². The molecule has 0 saturated carbocycles. The number of aliphatic carboxylic acids is 1. The molecule has 25 heavy (non-hydrogen) atoms. The van der Waals surface area contributed by atoms with E-state index < -0.39 is 5.97 Å². The molecule has 0 heterocycles. The third-order valence-electron chi connectivity index (χ3n) is 3.70. The van der Waals surface area contributed by atoms with Crippen molar-refractivity contribution in [3.63, 3.8) is 0 Å². The van der Waals surface area contributed by atoms with Crippen molar-refractivity contribution in [2.45, 2.75) is 25.7 Å². The average molecular weight is 362 g/mol. The third-order valence-corrected chi connectivity index (χ3v) is 3.99. The first-order valence-electron chi connectivity index (χ1n) is 7.91. The molecule has 0 aliphatic heterocycles. The van der Waals surface area contributed by atoms with Crippen LogP contribution in [0.15, 0.2) is 42.5 Å². The Labute approximate surface area is 151 Å². The first-order chi connectivity index (χ1) is 12.0. The fourth-order valence-corrected chi connectivity index (χ4v) is 2.68. The predicted molar refractivity (Wildman–Crippen MR) is 97.4 cm³/mol. The molecule has 0 aromatic heterocycles. The van der Waals surface area contributed by atoms with Crippen molar-refractivity contribution in [3.05, 3.63) is 58.6 Å². The van der Waals surface area contributed by atoms with Crippen LogP contribution in [0.3, 0.4) is 0 Å². The number of benzene rings is 2. The zero-order valence-corrected chi connectivity index (χ0v) is 14.7. The van der Waals surface area contributed by atoms with E-state index in [1.165, 1.54) is 0 Å². The fraction of sp³-hybridized carbons (Fsp3) is 0.263. The molecule has 1 amide bonds. The number of rotatable bonds is 8. The van der Waals surface area contributed by atoms with E-state index in [0.29, 0.717) is 35.7 Å². The Kier molecular flexibility index (Phi) is 6.83. The molecular formula is C19H20ClNO4. The number of carbonyl (C=O) groups is 2. The summed E-state index contributed by atoms with van der Waals surface area (Å²) in [6.45, 7) is 0. The van der Waals surface area contributed by atoms with Gasteiger partial charge in [0.15, 0.2) is 0 Å². The number of carbonyl (C=O) groups excluding carboxylic acids is 1. The van der Waals surface area contributed by atoms with Crippen molar-refractivity contribution < 1.29 is 19.4 Å². The van der Waals surface area contributed by atoms with Crippen LogP contribution in [0.25, 0.3) is 0 Å². The van der Waals surface area contributed by atoms with Crippen LogP contribution in [0, 0.1) is 0 Å². The van der Waals surface area contributed by atoms with Crippen molar-refractivity contribution in [1.82, 2.24) is 0 Å². The van der Waals surface area contributed by atoms with Crippen LogP contribution < -0.4 is 10.1 Å². The molecule has 2 aromatic carbocycles. The standard InChI is InChI=1S/C19H20ClNO4/c1-25-17-8-5-14(12-16(17)20)6-9-18(22)21-15-4-2-3-13(11-15)7-10-19(23)24/h2-5,8,11-12H,6-7,9-10H2,1H3,(H,21,22)(H,23,24). The summed E-state index contributed by atoms with van der Waals surface area (Å²) in [5.41, 5.74) is 2.50. The summed E-state index contributed by atoms with van der Waals surface area (Å²) in [4.78, 5) is 22.7. The number of halogens is 1. The Morgan fingerprint density at radius 1 is 1.08 bits per heavy atom. The normalized spacial score (nSPS) is 10.3. The quantitative estimate of drug-likeness (QED) is 0.746. The van der Waals surface area contributed by atoms with E-state index in [2.05, 4.69) is 5.32 Å². The number of aryl methyl sites for hydroxylation is 2. The summed E-state index contributed by atoms with van der Waals surface area (Å²) in [6.07, 6.45) is 1.38. The van der Waals surface area contributed by atoms with Gasteiger partial charge in [0.1, 0.15) is 5.75 Å². The molecule has 0 fully saturated rings. The van der Waals surface area contributed by atoms with Crippen LogP contribution in [0.1, 0.15) is 24.0 Å². The molecule has 0 spiro atoms. The molecule has 0 bridgehead atoms. The van der Waals surface area contributed by atoms with E-state index in [4.69, 9.17) is 21.4 Å². The van der Waals surface area contributed by atoms with Crippen molar-refractivity contribution in [2.75, 3.05) is 12.4 Å². The largest absolute Gasteiger partial charge is 0.495 e. The number of anilines is 1. The number of nitrogens with one attached hydrogen (secondary N) is 1. The lowest BCUT2D eigenvalue weighted by Crippen LogP contribution is -2.12. The van der Waals surface area contributed by atoms with Crippen LogP contribution in [-0.2, 0) is 22.4 Å². The molecule has 2 rings (SSSR count). The highest BCUT2D eigenvalue weighted by Crippen LogP contribution is 2.25. The molecule has 2 N–H and O–H groups in total. The van der Waals surface area contributed by atoms with Crippen molar-refractivity contribution in [2.24, 2.45) is 0 Å². The van der Waals surface area contributed by atoms with E-state index in [0.717, 1.165) is 11.1 Å². The minimum atomic E-state index is -0.840. The molecule has 0 aliphatic rings. The van der Waals surface area contributed by atoms with E-state index in [-0.39, 0.29) is 12.3 Å². The molecule has 0 radical (unpaired) electrons. The Morgan fingerprint density at radius 2 is 1.80 bits per heavy atom. The number of amides is 1. The first kappa shape index (κ1) is 18.8. The van der Waals surface area contributed by atoms with Crippen molar-refractivity contribution in [3.8, 4) is 5.75 Å². The van der Waals surface area contributed by atoms with E-state index in [1.807, 2.05) is 12.1 Å². The van der Waals surface area contributed by atoms with Crippen LogP contribution >= 0.6 is 11.6 Å². The minimum absolute atomic E-state index is 0.0651. The van der Waals surface area contributed by atoms with Gasteiger partial charge in [0.05, 0.1) is 12.1 Å². The highest BCUT2D eigenvalue weighted by atomic mass is 35.5. The summed E-state index contributed by atoms with van der Waals surface area (Å²) >= 11 is 6.08. The molecule has 132 valence electrons. The molecular weight excluding hydrogens is 342 g/mol. The van der Waals surface area contributed by atoms with Crippen LogP contribution in [0.5, 0.6) is 5.75 Å². The van der Waals surface area contributed by atoms with Gasteiger partial charge in [-0.1, -0.05) is 29.8 Å². The SMILES string of the molecule is COc1ccc(CCC(=O)Nc2cccc(CCC(=O)O)c2)cc1Cl. The van der Waals surface area contributed by atoms with Gasteiger partial charge in [-0.15, -0.1) is 0 Å². The van der Waals surface area contributed by atoms with Gasteiger partial charge in [0.25, 0.3) is 0 Å². The Bertz CT molecular complexity index is 761. The summed E-state index contributed by atoms with van der Waals surface area (Å²) in [5.74, 6) is -0.344. The van der Waals surface area contributed by atoms with E-state index in [1.54, 1.807) is 37.4 Å². The second-order valence-electron chi connectivity index (χ2n) is 5.61. The zero-order chi connectivity index (χ0) is 18.2. The molecule has 5 nitrogen and oxygen atoms in total. The Balaban J connectivity index is 1.88. The topological polar surface area (TPSA) is 75.6 Å². The molecule has 0 aliphatic carbocycles. The smallest absolute Gasteiger partial charge is 0.303 e. The highest BCUT2D eigenvalue weighted by molar-refractivity contribution is 6.32. The number of hydrogen-bond acceptors (Lipinski definition) is 3. The van der Waals surface area contributed by atoms with Crippen LogP contribution in [0.4, 0.5) is 5.69 Å². The van der Waals surface area contributed by atoms with Gasteiger partial charge < -0.3 is 15.2 Å². The molecule has 2 aromatic rings. The van der Waals surface area contributed by atoms with Gasteiger partial charge in [0.2, 0.25) is 5.91 Å². The maximum Gasteiger partial charge on any atom is 0.303 e. The van der Waals surface area contributed by atoms with Crippen molar-refractivity contribution >= 4 is 29.2 Å². The number of carboxylic acid groups (broad SMARTS) is 1. The maximum absolute atomic E-state index is 12.1. The number of carboxylic acids is 1. The lowest BCUT2D eigenvalue weighted by atomic mass is 10.1. The van der Waals surface area contributed by atoms with Gasteiger partial charge in [-0.3, -0.25) is 9.59 Å². The Morgan fingerprint density at radius 3 is 2.48 bits per heavy atom. The number of methoxy groups -OCH3 is 1. The lowest BCUT2D eigenvalue weighted by Gasteiger charge is -2.08. The monoisotopic (exact) mass is 361 g/mol. The van der Waals surface area contributed by atoms with Gasteiger partial charge in [0, 0.05) is 18.5 Å². The van der Waals surface area contributed by atoms with Gasteiger partial charge in [-0.05, 0) is 48.2 Å². The molecule has 6 heteroatoms. The minimum Gasteiger partial charge on any atom is -0.495 e. The summed E-state index contributed by atoms with van der Waals surface area (Å²) < 4.78 is 5.10. The second kappa shape index (κ2) is 9.08. The molecule has 0 atom stereocenters. The molecule has 0 saturated heterocycles.